The molecule has 23 heavy (non-hydrogen) atoms. The van der Waals surface area contributed by atoms with Crippen molar-refractivity contribution in [1.82, 2.24) is 4.31 Å². The molecule has 8 heteroatoms. The largest absolute Gasteiger partial charge is 0.379 e. The zero-order valence-corrected chi connectivity index (χ0v) is 14.8. The van der Waals surface area contributed by atoms with Crippen molar-refractivity contribution < 1.29 is 22.0 Å². The highest BCUT2D eigenvalue weighted by Gasteiger charge is 2.47. The van der Waals surface area contributed by atoms with E-state index < -0.39 is 26.8 Å². The van der Waals surface area contributed by atoms with Crippen LogP contribution < -0.4 is 0 Å². The van der Waals surface area contributed by atoms with Crippen LogP contribution in [0, 0.1) is 6.92 Å². The van der Waals surface area contributed by atoms with Crippen LogP contribution in [-0.4, -0.2) is 29.5 Å². The highest BCUT2D eigenvalue weighted by Crippen LogP contribution is 2.32. The van der Waals surface area contributed by atoms with Gasteiger partial charge in [-0.15, -0.1) is 0 Å². The van der Waals surface area contributed by atoms with Gasteiger partial charge in [0.05, 0.1) is 10.9 Å². The lowest BCUT2D eigenvalue weighted by Gasteiger charge is -2.31. The van der Waals surface area contributed by atoms with Crippen LogP contribution in [0.15, 0.2) is 41.3 Å². The van der Waals surface area contributed by atoms with Gasteiger partial charge in [-0.05, 0) is 38.3 Å². The topological polar surface area (TPSA) is 54.5 Å². The molecule has 0 bridgehead atoms. The van der Waals surface area contributed by atoms with Gasteiger partial charge in [0.2, 0.25) is 0 Å². The second kappa shape index (κ2) is 6.68. The number of alkyl halides is 3. The van der Waals surface area contributed by atoms with Gasteiger partial charge in [-0.25, -0.2) is 12.7 Å². The molecule has 0 fully saturated rings. The van der Waals surface area contributed by atoms with E-state index in [1.165, 1.54) is 18.2 Å². The summed E-state index contributed by atoms with van der Waals surface area (Å²) in [5.74, 6) is -1.78. The van der Waals surface area contributed by atoms with Gasteiger partial charge >= 0.3 is 10.7 Å². The molecule has 0 saturated carbocycles. The number of halogens is 3. The molecule has 0 heterocycles. The predicted molar refractivity (Wildman–Crippen MR) is 85.9 cm³/mol. The fourth-order valence-corrected chi connectivity index (χ4v) is 4.26. The average Bonchev–Trinajstić information content (AvgIpc) is 2.47. The van der Waals surface area contributed by atoms with Crippen LogP contribution in [0.3, 0.4) is 0 Å². The Morgan fingerprint density at radius 2 is 1.91 bits per heavy atom. The van der Waals surface area contributed by atoms with Crippen LogP contribution in [0.1, 0.15) is 24.8 Å². The van der Waals surface area contributed by atoms with Crippen molar-refractivity contribution in [3.63, 3.8) is 0 Å². The zero-order valence-electron chi connectivity index (χ0n) is 12.4. The van der Waals surface area contributed by atoms with Crippen LogP contribution >= 0.6 is 15.9 Å². The number of carbonyl (C=O) groups excluding carboxylic acids is 1. The lowest BCUT2D eigenvalue weighted by molar-refractivity contribution is -0.141. The van der Waals surface area contributed by atoms with E-state index in [0.29, 0.717) is 17.1 Å². The summed E-state index contributed by atoms with van der Waals surface area (Å²) < 4.78 is 52.7. The Morgan fingerprint density at radius 3 is 2.39 bits per heavy atom. The second-order valence-electron chi connectivity index (χ2n) is 5.34. The number of rotatable bonds is 4. The smallest absolute Gasteiger partial charge is 0.266 e. The Bertz CT molecular complexity index is 711. The monoisotopic (exact) mass is 407 g/mol. The van der Waals surface area contributed by atoms with Gasteiger partial charge in [0.1, 0.15) is 0 Å². The van der Waals surface area contributed by atoms with Gasteiger partial charge < -0.3 is 0 Å². The van der Waals surface area contributed by atoms with E-state index in [2.05, 4.69) is 0 Å². The summed E-state index contributed by atoms with van der Waals surface area (Å²) in [5.41, 5.74) is 0.824. The van der Waals surface area contributed by atoms with Gasteiger partial charge in [0.15, 0.2) is 0 Å². The Labute approximate surface area is 142 Å². The number of carbonyl (C=O) groups is 1. The third-order valence-corrected chi connectivity index (χ3v) is 5.71. The molecular formula is C15H16BrF2NO3S. The minimum atomic E-state index is -4.38. The van der Waals surface area contributed by atoms with E-state index in [0.717, 1.165) is 12.0 Å². The normalized spacial score (nSPS) is 18.7. The highest BCUT2D eigenvalue weighted by atomic mass is 79.9. The number of sulfonamides is 1. The van der Waals surface area contributed by atoms with Crippen molar-refractivity contribution in [2.75, 3.05) is 0 Å². The van der Waals surface area contributed by atoms with Crippen molar-refractivity contribution in [3.8, 4) is 0 Å². The number of nitrogens with zero attached hydrogens (tertiary/aromatic N) is 1. The summed E-state index contributed by atoms with van der Waals surface area (Å²) in [6.07, 6.45) is 4.86. The minimum Gasteiger partial charge on any atom is -0.266 e. The number of hydrogen-bond donors (Lipinski definition) is 0. The molecule has 2 rings (SSSR count). The van der Waals surface area contributed by atoms with Crippen molar-refractivity contribution in [2.45, 2.75) is 42.0 Å². The van der Waals surface area contributed by atoms with E-state index in [-0.39, 0.29) is 4.90 Å². The van der Waals surface area contributed by atoms with E-state index in [1.54, 1.807) is 25.1 Å². The van der Waals surface area contributed by atoms with E-state index in [1.807, 2.05) is 15.9 Å². The van der Waals surface area contributed by atoms with Crippen LogP contribution in [-0.2, 0) is 14.8 Å². The SMILES string of the molecule is Cc1ccc(S(=O)(=O)N(C(=O)C(F)(F)Br)C2C=CCCC2)cc1. The van der Waals surface area contributed by atoms with E-state index in [9.17, 15) is 22.0 Å². The molecule has 0 aliphatic heterocycles. The first-order valence-electron chi connectivity index (χ1n) is 7.03. The zero-order chi connectivity index (χ0) is 17.3. The number of aryl methyl sites for hydroxylation is 1. The molecule has 0 radical (unpaired) electrons. The fraction of sp³-hybridized carbons (Fsp3) is 0.400. The first-order valence-corrected chi connectivity index (χ1v) is 9.26. The summed E-state index contributed by atoms with van der Waals surface area (Å²) in [7, 11) is -4.38. The Kier molecular flexibility index (Phi) is 5.25. The summed E-state index contributed by atoms with van der Waals surface area (Å²) >= 11 is 1.97. The lowest BCUT2D eigenvalue weighted by atomic mass is 10.0. The summed E-state index contributed by atoms with van der Waals surface area (Å²) in [4.78, 5) is 7.93. The van der Waals surface area contributed by atoms with Gasteiger partial charge in [0.25, 0.3) is 10.0 Å². The average molecular weight is 408 g/mol. The number of benzene rings is 1. The second-order valence-corrected chi connectivity index (χ2v) is 8.15. The van der Waals surface area contributed by atoms with Gasteiger partial charge in [-0.3, -0.25) is 4.79 Å². The molecule has 126 valence electrons. The molecule has 1 aliphatic rings. The molecule has 4 nitrogen and oxygen atoms in total. The van der Waals surface area contributed by atoms with Crippen molar-refractivity contribution in [3.05, 3.63) is 42.0 Å². The molecule has 0 spiro atoms. The number of allylic oxidation sites excluding steroid dienone is 1. The summed E-state index contributed by atoms with van der Waals surface area (Å²) in [5, 5.41) is 0. The Hall–Kier alpha value is -1.28. The summed E-state index contributed by atoms with van der Waals surface area (Å²) in [6.45, 7) is 1.77. The Morgan fingerprint density at radius 1 is 1.30 bits per heavy atom. The van der Waals surface area contributed by atoms with Crippen molar-refractivity contribution >= 4 is 31.9 Å². The molecule has 1 aromatic rings. The quantitative estimate of drug-likeness (QED) is 0.565. The first-order chi connectivity index (χ1) is 10.6. The van der Waals surface area contributed by atoms with Crippen LogP contribution in [0.2, 0.25) is 0 Å². The summed E-state index contributed by atoms with van der Waals surface area (Å²) in [6, 6.07) is 4.82. The van der Waals surface area contributed by atoms with Crippen molar-refractivity contribution in [2.24, 2.45) is 0 Å². The Balaban J connectivity index is 2.51. The van der Waals surface area contributed by atoms with Crippen LogP contribution in [0.25, 0.3) is 0 Å². The molecule has 0 aromatic heterocycles. The molecule has 1 aliphatic carbocycles. The number of hydrogen-bond acceptors (Lipinski definition) is 3. The number of amides is 1. The van der Waals surface area contributed by atoms with Gasteiger partial charge in [-0.1, -0.05) is 29.8 Å². The van der Waals surface area contributed by atoms with E-state index >= 15 is 0 Å². The van der Waals surface area contributed by atoms with Gasteiger partial charge in [0, 0.05) is 15.9 Å². The molecule has 1 amide bonds. The predicted octanol–water partition coefficient (Wildman–Crippen LogP) is 3.61. The molecule has 1 atom stereocenters. The third-order valence-electron chi connectivity index (χ3n) is 3.55. The van der Waals surface area contributed by atoms with Crippen LogP contribution in [0.5, 0.6) is 0 Å². The molecule has 0 saturated heterocycles. The lowest BCUT2D eigenvalue weighted by Crippen LogP contribution is -2.49. The third kappa shape index (κ3) is 3.98. The fourth-order valence-electron chi connectivity index (χ4n) is 2.38. The van der Waals surface area contributed by atoms with E-state index in [4.69, 9.17) is 0 Å². The molecule has 1 aromatic carbocycles. The van der Waals surface area contributed by atoms with Gasteiger partial charge in [-0.2, -0.15) is 8.78 Å². The molecule has 1 unspecified atom stereocenters. The standard InChI is InChI=1S/C15H16BrF2NO3S/c1-11-7-9-13(10-8-11)23(21,22)19(14(20)15(16,17)18)12-5-3-2-4-6-12/h3,5,7-10,12H,2,4,6H2,1H3. The maximum absolute atomic E-state index is 13.5. The van der Waals surface area contributed by atoms with Crippen molar-refractivity contribution in [1.29, 1.82) is 0 Å². The van der Waals surface area contributed by atoms with Crippen LogP contribution in [0.4, 0.5) is 8.78 Å². The maximum Gasteiger partial charge on any atom is 0.379 e. The molecule has 0 N–H and O–H groups in total. The minimum absolute atomic E-state index is 0.188. The maximum atomic E-state index is 13.5. The first kappa shape index (κ1) is 18.1. The highest BCUT2D eigenvalue weighted by molar-refractivity contribution is 9.10. The molecular weight excluding hydrogens is 392 g/mol.